The van der Waals surface area contributed by atoms with Gasteiger partial charge in [-0.2, -0.15) is 0 Å². The van der Waals surface area contributed by atoms with E-state index < -0.39 is 5.97 Å². The second-order valence-corrected chi connectivity index (χ2v) is 5.73. The van der Waals surface area contributed by atoms with E-state index in [1.807, 2.05) is 48.0 Å². The molecule has 0 unspecified atom stereocenters. The molecular formula is C20H20N2O4. The first kappa shape index (κ1) is 17.5. The zero-order chi connectivity index (χ0) is 18.5. The molecule has 0 aliphatic heterocycles. The second-order valence-electron chi connectivity index (χ2n) is 5.73. The zero-order valence-corrected chi connectivity index (χ0v) is 14.9. The lowest BCUT2D eigenvalue weighted by molar-refractivity contribution is -0.139. The molecule has 2 heterocycles. The smallest absolute Gasteiger partial charge is 0.331 e. The summed E-state index contributed by atoms with van der Waals surface area (Å²) in [5.74, 6) is 0.709. The SMILES string of the molecule is COc1cccc(/C=C/C(=O)OCc2cn3cc(C)ccc3n2)c1OC. The highest BCUT2D eigenvalue weighted by Gasteiger charge is 2.08. The fourth-order valence-corrected chi connectivity index (χ4v) is 2.62. The van der Waals surface area contributed by atoms with Crippen molar-refractivity contribution in [1.82, 2.24) is 9.38 Å². The maximum atomic E-state index is 12.0. The van der Waals surface area contributed by atoms with Crippen LogP contribution in [-0.2, 0) is 16.1 Å². The van der Waals surface area contributed by atoms with Gasteiger partial charge in [0.15, 0.2) is 11.5 Å². The van der Waals surface area contributed by atoms with Gasteiger partial charge in [0, 0.05) is 24.0 Å². The molecule has 0 aliphatic carbocycles. The lowest BCUT2D eigenvalue weighted by atomic mass is 10.1. The molecule has 3 rings (SSSR count). The molecular weight excluding hydrogens is 332 g/mol. The Morgan fingerprint density at radius 3 is 2.77 bits per heavy atom. The van der Waals surface area contributed by atoms with E-state index in [-0.39, 0.29) is 6.61 Å². The van der Waals surface area contributed by atoms with E-state index in [4.69, 9.17) is 14.2 Å². The first-order chi connectivity index (χ1) is 12.6. The Morgan fingerprint density at radius 1 is 1.15 bits per heavy atom. The molecule has 6 heteroatoms. The van der Waals surface area contributed by atoms with Crippen LogP contribution in [0.3, 0.4) is 0 Å². The van der Waals surface area contributed by atoms with Gasteiger partial charge in [0.25, 0.3) is 0 Å². The largest absolute Gasteiger partial charge is 0.493 e. The summed E-state index contributed by atoms with van der Waals surface area (Å²) in [6.07, 6.45) is 6.82. The third kappa shape index (κ3) is 3.85. The van der Waals surface area contributed by atoms with E-state index in [9.17, 15) is 4.79 Å². The Labute approximate surface area is 151 Å². The summed E-state index contributed by atoms with van der Waals surface area (Å²) in [4.78, 5) is 16.4. The number of rotatable bonds is 6. The van der Waals surface area contributed by atoms with Gasteiger partial charge in [-0.3, -0.25) is 0 Å². The maximum Gasteiger partial charge on any atom is 0.331 e. The van der Waals surface area contributed by atoms with Gasteiger partial charge in [-0.25, -0.2) is 9.78 Å². The number of nitrogens with zero attached hydrogens (tertiary/aromatic N) is 2. The lowest BCUT2D eigenvalue weighted by Gasteiger charge is -2.09. The molecule has 0 fully saturated rings. The lowest BCUT2D eigenvalue weighted by Crippen LogP contribution is -2.01. The molecule has 134 valence electrons. The average molecular weight is 352 g/mol. The van der Waals surface area contributed by atoms with Crippen LogP contribution in [0, 0.1) is 6.92 Å². The summed E-state index contributed by atoms with van der Waals surface area (Å²) in [6, 6.07) is 9.36. The number of benzene rings is 1. The van der Waals surface area contributed by atoms with Crippen molar-refractivity contribution in [2.45, 2.75) is 13.5 Å². The van der Waals surface area contributed by atoms with E-state index in [1.165, 1.54) is 6.08 Å². The molecule has 0 spiro atoms. The van der Waals surface area contributed by atoms with Crippen molar-refractivity contribution in [2.24, 2.45) is 0 Å². The molecule has 0 atom stereocenters. The predicted molar refractivity (Wildman–Crippen MR) is 98.3 cm³/mol. The van der Waals surface area contributed by atoms with Gasteiger partial charge in [0.1, 0.15) is 12.3 Å². The number of aromatic nitrogens is 2. The number of ether oxygens (including phenoxy) is 3. The van der Waals surface area contributed by atoms with Gasteiger partial charge in [0.05, 0.1) is 19.9 Å². The van der Waals surface area contributed by atoms with Crippen molar-refractivity contribution in [2.75, 3.05) is 14.2 Å². The number of para-hydroxylation sites is 1. The normalized spacial score (nSPS) is 11.0. The van der Waals surface area contributed by atoms with Gasteiger partial charge >= 0.3 is 5.97 Å². The Morgan fingerprint density at radius 2 is 2.00 bits per heavy atom. The van der Waals surface area contributed by atoms with Crippen molar-refractivity contribution < 1.29 is 19.0 Å². The number of imidazole rings is 1. The molecule has 0 amide bonds. The van der Waals surface area contributed by atoms with Crippen molar-refractivity contribution in [1.29, 1.82) is 0 Å². The topological polar surface area (TPSA) is 62.1 Å². The monoisotopic (exact) mass is 352 g/mol. The minimum Gasteiger partial charge on any atom is -0.493 e. The number of methoxy groups -OCH3 is 2. The van der Waals surface area contributed by atoms with Gasteiger partial charge in [0.2, 0.25) is 0 Å². The Balaban J connectivity index is 1.66. The van der Waals surface area contributed by atoms with E-state index in [2.05, 4.69) is 4.98 Å². The standard InChI is InChI=1S/C20H20N2O4/c1-14-7-9-18-21-16(12-22(18)11-14)13-26-19(23)10-8-15-5-4-6-17(24-2)20(15)25-3/h4-12H,13H2,1-3H3/b10-8+. The summed E-state index contributed by atoms with van der Waals surface area (Å²) in [6.45, 7) is 2.12. The summed E-state index contributed by atoms with van der Waals surface area (Å²) in [5.41, 5.74) is 3.37. The van der Waals surface area contributed by atoms with Gasteiger partial charge in [-0.1, -0.05) is 18.2 Å². The Bertz CT molecular complexity index is 960. The molecule has 1 aromatic carbocycles. The van der Waals surface area contributed by atoms with Gasteiger partial charge < -0.3 is 18.6 Å². The van der Waals surface area contributed by atoms with Crippen LogP contribution in [0.4, 0.5) is 0 Å². The fourth-order valence-electron chi connectivity index (χ4n) is 2.62. The summed E-state index contributed by atoms with van der Waals surface area (Å²) in [7, 11) is 3.12. The highest BCUT2D eigenvalue weighted by atomic mass is 16.5. The number of fused-ring (bicyclic) bond motifs is 1. The first-order valence-corrected chi connectivity index (χ1v) is 8.11. The van der Waals surface area contributed by atoms with Crippen molar-refractivity contribution in [3.63, 3.8) is 0 Å². The van der Waals surface area contributed by atoms with E-state index in [0.717, 1.165) is 16.8 Å². The zero-order valence-electron chi connectivity index (χ0n) is 14.9. The van der Waals surface area contributed by atoms with E-state index in [1.54, 1.807) is 26.4 Å². The van der Waals surface area contributed by atoms with E-state index in [0.29, 0.717) is 17.2 Å². The number of carbonyl (C=O) groups excluding carboxylic acids is 1. The molecule has 0 N–H and O–H groups in total. The third-order valence-electron chi connectivity index (χ3n) is 3.84. The molecule has 26 heavy (non-hydrogen) atoms. The van der Waals surface area contributed by atoms with Gasteiger partial charge in [-0.15, -0.1) is 0 Å². The highest BCUT2D eigenvalue weighted by Crippen LogP contribution is 2.31. The van der Waals surface area contributed by atoms with Gasteiger partial charge in [-0.05, 0) is 30.7 Å². The molecule has 6 nitrogen and oxygen atoms in total. The average Bonchev–Trinajstić information content (AvgIpc) is 3.06. The Hall–Kier alpha value is -3.28. The van der Waals surface area contributed by atoms with Crippen LogP contribution in [-0.4, -0.2) is 29.6 Å². The van der Waals surface area contributed by atoms with Crippen molar-refractivity contribution in [3.05, 3.63) is 65.6 Å². The molecule has 2 aromatic heterocycles. The predicted octanol–water partition coefficient (Wildman–Crippen LogP) is 3.42. The van der Waals surface area contributed by atoms with E-state index >= 15 is 0 Å². The van der Waals surface area contributed by atoms with Crippen LogP contribution in [0.5, 0.6) is 11.5 Å². The highest BCUT2D eigenvalue weighted by molar-refractivity contribution is 5.87. The quantitative estimate of drug-likeness (QED) is 0.502. The number of hydrogen-bond acceptors (Lipinski definition) is 5. The summed E-state index contributed by atoms with van der Waals surface area (Å²) >= 11 is 0. The molecule has 0 saturated heterocycles. The fraction of sp³-hybridized carbons (Fsp3) is 0.200. The number of esters is 1. The van der Waals surface area contributed by atoms with Crippen LogP contribution in [0.1, 0.15) is 16.8 Å². The van der Waals surface area contributed by atoms with Crippen LogP contribution >= 0.6 is 0 Å². The molecule has 0 bridgehead atoms. The third-order valence-corrected chi connectivity index (χ3v) is 3.84. The number of hydrogen-bond donors (Lipinski definition) is 0. The second kappa shape index (κ2) is 7.74. The minimum atomic E-state index is -0.455. The number of pyridine rings is 1. The van der Waals surface area contributed by atoms with Crippen LogP contribution in [0.25, 0.3) is 11.7 Å². The number of carbonyl (C=O) groups is 1. The van der Waals surface area contributed by atoms with Crippen LogP contribution in [0.2, 0.25) is 0 Å². The summed E-state index contributed by atoms with van der Waals surface area (Å²) < 4.78 is 17.7. The first-order valence-electron chi connectivity index (χ1n) is 8.11. The minimum absolute atomic E-state index is 0.110. The molecule has 0 saturated carbocycles. The van der Waals surface area contributed by atoms with Crippen molar-refractivity contribution in [3.8, 4) is 11.5 Å². The summed E-state index contributed by atoms with van der Waals surface area (Å²) in [5, 5.41) is 0. The van der Waals surface area contributed by atoms with Crippen LogP contribution < -0.4 is 9.47 Å². The maximum absolute atomic E-state index is 12.0. The van der Waals surface area contributed by atoms with Crippen LogP contribution in [0.15, 0.2) is 48.8 Å². The molecule has 0 aliphatic rings. The number of aryl methyl sites for hydroxylation is 1. The van der Waals surface area contributed by atoms with Crippen molar-refractivity contribution >= 4 is 17.7 Å². The molecule has 3 aromatic rings. The Kier molecular flexibility index (Phi) is 5.22. The molecule has 0 radical (unpaired) electrons.